The van der Waals surface area contributed by atoms with E-state index in [0.717, 1.165) is 5.33 Å². The van der Waals surface area contributed by atoms with Gasteiger partial charge in [0.15, 0.2) is 0 Å². The predicted molar refractivity (Wildman–Crippen MR) is 121 cm³/mol. The van der Waals surface area contributed by atoms with Crippen LogP contribution in [-0.2, 0) is 6.42 Å². The molecule has 0 nitrogen and oxygen atoms in total. The molecule has 0 bridgehead atoms. The molecule has 1 heteroatoms. The maximum Gasteiger partial charge on any atom is 0.00313 e. The molecule has 0 spiro atoms. The Morgan fingerprint density at radius 3 is 1.77 bits per heavy atom. The molecule has 0 saturated heterocycles. The van der Waals surface area contributed by atoms with Crippen molar-refractivity contribution in [2.24, 2.45) is 0 Å². The molecule has 0 fully saturated rings. The van der Waals surface area contributed by atoms with Crippen molar-refractivity contribution in [2.75, 3.05) is 5.33 Å². The Labute approximate surface area is 167 Å². The van der Waals surface area contributed by atoms with Crippen molar-refractivity contribution >= 4 is 37.5 Å². The van der Waals surface area contributed by atoms with Crippen molar-refractivity contribution in [2.45, 2.75) is 64.2 Å². The van der Waals surface area contributed by atoms with Gasteiger partial charge in [0.25, 0.3) is 0 Å². The zero-order valence-electron chi connectivity index (χ0n) is 15.9. The van der Waals surface area contributed by atoms with Gasteiger partial charge in [0.05, 0.1) is 0 Å². The average molecular weight is 411 g/mol. The van der Waals surface area contributed by atoms with Crippen molar-refractivity contribution in [1.29, 1.82) is 0 Å². The first kappa shape index (κ1) is 19.4. The molecule has 0 unspecified atom stereocenters. The highest BCUT2D eigenvalue weighted by atomic mass is 79.9. The third-order valence-electron chi connectivity index (χ3n) is 5.43. The number of unbranched alkanes of at least 4 members (excludes halogenated alkanes) is 8. The van der Waals surface area contributed by atoms with Crippen LogP contribution >= 0.6 is 15.9 Å². The summed E-state index contributed by atoms with van der Waals surface area (Å²) in [5.74, 6) is 0. The number of benzene rings is 3. The second kappa shape index (κ2) is 10.7. The summed E-state index contributed by atoms with van der Waals surface area (Å²) in [6, 6.07) is 20.1. The van der Waals surface area contributed by atoms with Crippen molar-refractivity contribution in [3.8, 4) is 0 Å². The van der Waals surface area contributed by atoms with Crippen molar-refractivity contribution in [1.82, 2.24) is 0 Å². The summed E-state index contributed by atoms with van der Waals surface area (Å²) in [4.78, 5) is 0. The lowest BCUT2D eigenvalue weighted by Gasteiger charge is -2.10. The number of alkyl halides is 1. The summed E-state index contributed by atoms with van der Waals surface area (Å²) >= 11 is 3.51. The zero-order chi connectivity index (χ0) is 18.0. The molecule has 0 radical (unpaired) electrons. The van der Waals surface area contributed by atoms with Gasteiger partial charge in [0.2, 0.25) is 0 Å². The normalized spacial score (nSPS) is 11.4. The van der Waals surface area contributed by atoms with Gasteiger partial charge in [0, 0.05) is 5.33 Å². The number of fused-ring (bicyclic) bond motifs is 3. The molecule has 0 aliphatic heterocycles. The molecule has 0 aromatic heterocycles. The van der Waals surface area contributed by atoms with Gasteiger partial charge in [0.1, 0.15) is 0 Å². The van der Waals surface area contributed by atoms with Crippen LogP contribution in [-0.4, -0.2) is 5.33 Å². The molecule has 26 heavy (non-hydrogen) atoms. The summed E-state index contributed by atoms with van der Waals surface area (Å²) in [6.45, 7) is 0. The van der Waals surface area contributed by atoms with Crippen LogP contribution in [0.4, 0.5) is 0 Å². The predicted octanol–water partition coefficient (Wildman–Crippen LogP) is 8.44. The van der Waals surface area contributed by atoms with Crippen molar-refractivity contribution in [3.05, 3.63) is 60.2 Å². The Balaban J connectivity index is 1.50. The molecular weight excluding hydrogens is 380 g/mol. The van der Waals surface area contributed by atoms with E-state index in [1.165, 1.54) is 91.3 Å². The summed E-state index contributed by atoms with van der Waals surface area (Å²) in [5.41, 5.74) is 1.52. The van der Waals surface area contributed by atoms with Crippen LogP contribution in [0.1, 0.15) is 63.4 Å². The van der Waals surface area contributed by atoms with E-state index in [1.807, 2.05) is 0 Å². The SMILES string of the molecule is BrCCCCCCCCCCCc1cc2ccccc2c2ccccc12. The van der Waals surface area contributed by atoms with E-state index in [2.05, 4.69) is 70.5 Å². The largest absolute Gasteiger partial charge is 0.0928 e. The molecule has 0 atom stereocenters. The van der Waals surface area contributed by atoms with Crippen molar-refractivity contribution < 1.29 is 0 Å². The fourth-order valence-corrected chi connectivity index (χ4v) is 4.38. The van der Waals surface area contributed by atoms with E-state index < -0.39 is 0 Å². The second-order valence-corrected chi connectivity index (χ2v) is 8.22. The van der Waals surface area contributed by atoms with Crippen LogP contribution in [0.25, 0.3) is 21.5 Å². The highest BCUT2D eigenvalue weighted by Gasteiger charge is 2.05. The quantitative estimate of drug-likeness (QED) is 0.169. The van der Waals surface area contributed by atoms with Gasteiger partial charge >= 0.3 is 0 Å². The van der Waals surface area contributed by atoms with Gasteiger partial charge in [-0.2, -0.15) is 0 Å². The molecule has 0 N–H and O–H groups in total. The van der Waals surface area contributed by atoms with Crippen molar-refractivity contribution in [3.63, 3.8) is 0 Å². The summed E-state index contributed by atoms with van der Waals surface area (Å²) in [5, 5.41) is 6.77. The smallest absolute Gasteiger partial charge is 0.00313 e. The van der Waals surface area contributed by atoms with Crippen LogP contribution in [0.2, 0.25) is 0 Å². The van der Waals surface area contributed by atoms with E-state index in [1.54, 1.807) is 0 Å². The Hall–Kier alpha value is -1.34. The van der Waals surface area contributed by atoms with E-state index in [9.17, 15) is 0 Å². The number of rotatable bonds is 11. The summed E-state index contributed by atoms with van der Waals surface area (Å²) in [7, 11) is 0. The lowest BCUT2D eigenvalue weighted by Crippen LogP contribution is -1.90. The van der Waals surface area contributed by atoms with E-state index in [4.69, 9.17) is 0 Å². The Morgan fingerprint density at radius 2 is 1.08 bits per heavy atom. The lowest BCUT2D eigenvalue weighted by molar-refractivity contribution is 0.566. The van der Waals surface area contributed by atoms with Crippen LogP contribution < -0.4 is 0 Å². The van der Waals surface area contributed by atoms with Crippen LogP contribution in [0.3, 0.4) is 0 Å². The second-order valence-electron chi connectivity index (χ2n) is 7.42. The minimum Gasteiger partial charge on any atom is -0.0928 e. The molecule has 0 saturated carbocycles. The van der Waals surface area contributed by atoms with E-state index in [-0.39, 0.29) is 0 Å². The Bertz CT molecular complexity index is 805. The third kappa shape index (κ3) is 5.33. The molecule has 0 heterocycles. The summed E-state index contributed by atoms with van der Waals surface area (Å²) in [6.07, 6.45) is 13.7. The standard InChI is InChI=1S/C25H31Br/c26-19-13-7-5-3-1-2-4-6-8-14-21-20-22-15-9-10-16-23(22)25-18-12-11-17-24(21)25/h9-12,15-18,20H,1-8,13-14,19H2. The van der Waals surface area contributed by atoms with Gasteiger partial charge in [-0.05, 0) is 46.4 Å². The lowest BCUT2D eigenvalue weighted by atomic mass is 9.94. The first-order valence-electron chi connectivity index (χ1n) is 10.4. The third-order valence-corrected chi connectivity index (χ3v) is 5.99. The topological polar surface area (TPSA) is 0 Å². The maximum atomic E-state index is 3.51. The highest BCUT2D eigenvalue weighted by Crippen LogP contribution is 2.29. The number of aryl methyl sites for hydroxylation is 1. The molecule has 0 amide bonds. The fraction of sp³-hybridized carbons (Fsp3) is 0.440. The van der Waals surface area contributed by atoms with Crippen LogP contribution in [0.15, 0.2) is 54.6 Å². The minimum absolute atomic E-state index is 1.16. The number of hydrogen-bond acceptors (Lipinski definition) is 0. The Morgan fingerprint density at radius 1 is 0.538 bits per heavy atom. The van der Waals surface area contributed by atoms with E-state index in [0.29, 0.717) is 0 Å². The summed E-state index contributed by atoms with van der Waals surface area (Å²) < 4.78 is 0. The fourth-order valence-electron chi connectivity index (χ4n) is 3.99. The zero-order valence-corrected chi connectivity index (χ0v) is 17.4. The first-order valence-corrected chi connectivity index (χ1v) is 11.5. The molecule has 3 rings (SSSR count). The van der Waals surface area contributed by atoms with Gasteiger partial charge in [-0.1, -0.05) is 115 Å². The number of halogens is 1. The van der Waals surface area contributed by atoms with E-state index >= 15 is 0 Å². The Kier molecular flexibility index (Phi) is 8.01. The van der Waals surface area contributed by atoms with Gasteiger partial charge < -0.3 is 0 Å². The molecular formula is C25H31Br. The van der Waals surface area contributed by atoms with Gasteiger partial charge in [-0.3, -0.25) is 0 Å². The first-order chi connectivity index (χ1) is 12.9. The van der Waals surface area contributed by atoms with Crippen LogP contribution in [0.5, 0.6) is 0 Å². The number of hydrogen-bond donors (Lipinski definition) is 0. The average Bonchev–Trinajstić information content (AvgIpc) is 2.69. The highest BCUT2D eigenvalue weighted by molar-refractivity contribution is 9.09. The molecule has 3 aromatic rings. The molecule has 0 aliphatic rings. The molecule has 0 aliphatic carbocycles. The van der Waals surface area contributed by atoms with Gasteiger partial charge in [-0.15, -0.1) is 0 Å². The molecule has 138 valence electrons. The maximum absolute atomic E-state index is 3.51. The monoisotopic (exact) mass is 410 g/mol. The van der Waals surface area contributed by atoms with Gasteiger partial charge in [-0.25, -0.2) is 0 Å². The van der Waals surface area contributed by atoms with Crippen LogP contribution in [0, 0.1) is 0 Å². The molecule has 3 aromatic carbocycles. The minimum atomic E-state index is 1.16.